The van der Waals surface area contributed by atoms with Gasteiger partial charge in [0.25, 0.3) is 0 Å². The molecule has 15 heavy (non-hydrogen) atoms. The fraction of sp³-hybridized carbons (Fsp3) is 0.909. The maximum atomic E-state index is 12.0. The first-order valence-corrected chi connectivity index (χ1v) is 5.92. The van der Waals surface area contributed by atoms with Crippen LogP contribution in [0, 0.1) is 5.92 Å². The van der Waals surface area contributed by atoms with Crippen molar-refractivity contribution in [2.24, 2.45) is 5.92 Å². The van der Waals surface area contributed by atoms with E-state index in [1.807, 2.05) is 11.8 Å². The molecule has 2 aliphatic heterocycles. The number of nitrogens with one attached hydrogen (secondary N) is 1. The summed E-state index contributed by atoms with van der Waals surface area (Å²) in [6.07, 6.45) is 2.23. The lowest BCUT2D eigenvalue weighted by atomic mass is 10.0. The van der Waals surface area contributed by atoms with Crippen LogP contribution in [-0.2, 0) is 9.53 Å². The van der Waals surface area contributed by atoms with Crippen LogP contribution >= 0.6 is 0 Å². The number of rotatable bonds is 4. The normalized spacial score (nSPS) is 26.7. The summed E-state index contributed by atoms with van der Waals surface area (Å²) in [7, 11) is 0. The molecule has 0 aromatic heterocycles. The molecule has 0 radical (unpaired) electrons. The van der Waals surface area contributed by atoms with E-state index in [1.54, 1.807) is 0 Å². The third-order valence-corrected chi connectivity index (χ3v) is 3.31. The Labute approximate surface area is 91.0 Å². The van der Waals surface area contributed by atoms with Gasteiger partial charge in [0.05, 0.1) is 18.6 Å². The number of hydrogen-bond acceptors (Lipinski definition) is 3. The van der Waals surface area contributed by atoms with Gasteiger partial charge in [-0.2, -0.15) is 0 Å². The lowest BCUT2D eigenvalue weighted by molar-refractivity contribution is -0.139. The molecule has 0 aromatic rings. The van der Waals surface area contributed by atoms with Crippen LogP contribution in [0.25, 0.3) is 0 Å². The molecule has 2 aliphatic rings. The lowest BCUT2D eigenvalue weighted by Gasteiger charge is -2.33. The van der Waals surface area contributed by atoms with E-state index >= 15 is 0 Å². The highest BCUT2D eigenvalue weighted by molar-refractivity contribution is 5.80. The molecule has 4 heteroatoms. The molecule has 0 aromatic carbocycles. The van der Waals surface area contributed by atoms with Crippen molar-refractivity contribution in [1.29, 1.82) is 0 Å². The molecule has 0 aliphatic carbocycles. The largest absolute Gasteiger partial charge is 0.380 e. The van der Waals surface area contributed by atoms with Crippen LogP contribution in [0.2, 0.25) is 0 Å². The zero-order valence-corrected chi connectivity index (χ0v) is 9.37. The van der Waals surface area contributed by atoms with Crippen molar-refractivity contribution in [2.75, 3.05) is 32.8 Å². The molecule has 0 saturated carbocycles. The average Bonchev–Trinajstić information content (AvgIpc) is 2.59. The van der Waals surface area contributed by atoms with E-state index < -0.39 is 0 Å². The maximum Gasteiger partial charge on any atom is 0.228 e. The van der Waals surface area contributed by atoms with E-state index in [0.29, 0.717) is 18.6 Å². The molecule has 4 nitrogen and oxygen atoms in total. The van der Waals surface area contributed by atoms with Gasteiger partial charge in [-0.15, -0.1) is 0 Å². The summed E-state index contributed by atoms with van der Waals surface area (Å²) >= 11 is 0. The van der Waals surface area contributed by atoms with Crippen LogP contribution in [0.3, 0.4) is 0 Å². The first kappa shape index (κ1) is 10.9. The molecule has 1 atom stereocenters. The number of likely N-dealkylation sites (tertiary alicyclic amines) is 1. The molecule has 2 saturated heterocycles. The minimum absolute atomic E-state index is 0.229. The number of carbonyl (C=O) groups is 1. The van der Waals surface area contributed by atoms with Crippen LogP contribution in [-0.4, -0.2) is 49.7 Å². The number of carbonyl (C=O) groups excluding carboxylic acids is 1. The molecular weight excluding hydrogens is 192 g/mol. The summed E-state index contributed by atoms with van der Waals surface area (Å²) in [5, 5.41) is 3.14. The molecule has 1 N–H and O–H groups in total. The Bertz CT molecular complexity index is 229. The monoisotopic (exact) mass is 212 g/mol. The van der Waals surface area contributed by atoms with Crippen molar-refractivity contribution in [3.63, 3.8) is 0 Å². The van der Waals surface area contributed by atoms with E-state index in [4.69, 9.17) is 4.74 Å². The Morgan fingerprint density at radius 3 is 2.93 bits per heavy atom. The van der Waals surface area contributed by atoms with Crippen LogP contribution in [0.15, 0.2) is 0 Å². The number of nitrogens with zero attached hydrogens (tertiary/aromatic N) is 1. The second kappa shape index (κ2) is 4.94. The first-order valence-electron chi connectivity index (χ1n) is 5.92. The molecule has 0 unspecified atom stereocenters. The van der Waals surface area contributed by atoms with Gasteiger partial charge in [-0.3, -0.25) is 4.79 Å². The van der Waals surface area contributed by atoms with Gasteiger partial charge in [0.15, 0.2) is 0 Å². The van der Waals surface area contributed by atoms with Crippen molar-refractivity contribution in [3.8, 4) is 0 Å². The molecule has 86 valence electrons. The molecular formula is C11H20N2O2. The Hall–Kier alpha value is -0.610. The van der Waals surface area contributed by atoms with Crippen LogP contribution in [0.1, 0.15) is 19.8 Å². The van der Waals surface area contributed by atoms with Crippen molar-refractivity contribution in [2.45, 2.75) is 25.8 Å². The van der Waals surface area contributed by atoms with E-state index in [0.717, 1.165) is 39.1 Å². The summed E-state index contributed by atoms with van der Waals surface area (Å²) in [4.78, 5) is 14.1. The first-order chi connectivity index (χ1) is 7.33. The average molecular weight is 212 g/mol. The van der Waals surface area contributed by atoms with Crippen molar-refractivity contribution >= 4 is 5.91 Å². The fourth-order valence-corrected chi connectivity index (χ4v) is 2.25. The maximum absolute atomic E-state index is 12.0. The number of ether oxygens (including phenoxy) is 1. The predicted molar refractivity (Wildman–Crippen MR) is 57.6 cm³/mol. The lowest BCUT2D eigenvalue weighted by Crippen LogP contribution is -2.53. The van der Waals surface area contributed by atoms with E-state index in [2.05, 4.69) is 5.32 Å². The van der Waals surface area contributed by atoms with Crippen molar-refractivity contribution < 1.29 is 9.53 Å². The summed E-state index contributed by atoms with van der Waals surface area (Å²) < 4.78 is 5.42. The summed E-state index contributed by atoms with van der Waals surface area (Å²) in [6.45, 7) is 6.09. The van der Waals surface area contributed by atoms with Crippen LogP contribution in [0.5, 0.6) is 0 Å². The van der Waals surface area contributed by atoms with E-state index in [-0.39, 0.29) is 5.92 Å². The third kappa shape index (κ3) is 2.32. The summed E-state index contributed by atoms with van der Waals surface area (Å²) in [6, 6.07) is 0.332. The van der Waals surface area contributed by atoms with Crippen LogP contribution < -0.4 is 5.32 Å². The Kier molecular flexibility index (Phi) is 3.59. The van der Waals surface area contributed by atoms with Crippen molar-refractivity contribution in [3.05, 3.63) is 0 Å². The minimum atomic E-state index is 0.229. The van der Waals surface area contributed by atoms with Gasteiger partial charge >= 0.3 is 0 Å². The van der Waals surface area contributed by atoms with Gasteiger partial charge in [0.2, 0.25) is 5.91 Å². The Morgan fingerprint density at radius 2 is 2.33 bits per heavy atom. The molecule has 1 amide bonds. The highest BCUT2D eigenvalue weighted by Gasteiger charge is 2.35. The second-order valence-corrected chi connectivity index (χ2v) is 4.34. The minimum Gasteiger partial charge on any atom is -0.380 e. The van der Waals surface area contributed by atoms with E-state index in [9.17, 15) is 4.79 Å². The van der Waals surface area contributed by atoms with Gasteiger partial charge in [-0.05, 0) is 19.8 Å². The molecule has 0 bridgehead atoms. The van der Waals surface area contributed by atoms with Gasteiger partial charge in [-0.25, -0.2) is 0 Å². The zero-order chi connectivity index (χ0) is 10.7. The predicted octanol–water partition coefficient (Wildman–Crippen LogP) is 0.233. The molecule has 2 heterocycles. The van der Waals surface area contributed by atoms with Gasteiger partial charge in [0.1, 0.15) is 0 Å². The smallest absolute Gasteiger partial charge is 0.228 e. The summed E-state index contributed by atoms with van der Waals surface area (Å²) in [5.41, 5.74) is 0. The standard InChI is InChI=1S/C11H20N2O2/c1-2-15-8-10-4-3-5-13(10)11(14)9-6-12-7-9/h9-10,12H,2-8H2,1H3/t10-/m1/s1. The Morgan fingerprint density at radius 1 is 1.53 bits per heavy atom. The molecule has 2 fully saturated rings. The van der Waals surface area contributed by atoms with Crippen LogP contribution in [0.4, 0.5) is 0 Å². The van der Waals surface area contributed by atoms with Gasteiger partial charge in [-0.1, -0.05) is 0 Å². The summed E-state index contributed by atoms with van der Waals surface area (Å²) in [5.74, 6) is 0.558. The number of amides is 1. The fourth-order valence-electron chi connectivity index (χ4n) is 2.25. The van der Waals surface area contributed by atoms with E-state index in [1.165, 1.54) is 0 Å². The number of hydrogen-bond donors (Lipinski definition) is 1. The molecule has 2 rings (SSSR count). The third-order valence-electron chi connectivity index (χ3n) is 3.31. The highest BCUT2D eigenvalue weighted by atomic mass is 16.5. The second-order valence-electron chi connectivity index (χ2n) is 4.34. The Balaban J connectivity index is 1.85. The topological polar surface area (TPSA) is 41.6 Å². The zero-order valence-electron chi connectivity index (χ0n) is 9.37. The van der Waals surface area contributed by atoms with Crippen molar-refractivity contribution in [1.82, 2.24) is 10.2 Å². The molecule has 0 spiro atoms. The van der Waals surface area contributed by atoms with Gasteiger partial charge in [0, 0.05) is 26.2 Å². The van der Waals surface area contributed by atoms with Gasteiger partial charge < -0.3 is 15.0 Å². The quantitative estimate of drug-likeness (QED) is 0.725. The highest BCUT2D eigenvalue weighted by Crippen LogP contribution is 2.21. The SMILES string of the molecule is CCOC[C@H]1CCCN1C(=O)C1CNC1.